The summed E-state index contributed by atoms with van der Waals surface area (Å²) < 4.78 is 0. The molecule has 3 heteroatoms. The minimum Gasteiger partial charge on any atom is -0.371 e. The van der Waals surface area contributed by atoms with Crippen molar-refractivity contribution in [1.29, 1.82) is 0 Å². The lowest BCUT2D eigenvalue weighted by Gasteiger charge is -2.20. The first-order valence-electron chi connectivity index (χ1n) is 7.77. The van der Waals surface area contributed by atoms with Gasteiger partial charge in [0.2, 0.25) is 0 Å². The van der Waals surface area contributed by atoms with Crippen molar-refractivity contribution in [2.45, 2.75) is 39.2 Å². The van der Waals surface area contributed by atoms with Crippen LogP contribution in [0.25, 0.3) is 0 Å². The van der Waals surface area contributed by atoms with Gasteiger partial charge in [0.15, 0.2) is 0 Å². The van der Waals surface area contributed by atoms with Crippen LogP contribution in [0.5, 0.6) is 0 Å². The van der Waals surface area contributed by atoms with E-state index in [0.717, 1.165) is 24.9 Å². The van der Waals surface area contributed by atoms with Gasteiger partial charge in [-0.3, -0.25) is 4.98 Å². The number of nitrogens with zero attached hydrogens (tertiary/aromatic N) is 2. The third-order valence-electron chi connectivity index (χ3n) is 4.62. The molecule has 2 heterocycles. The fourth-order valence-corrected chi connectivity index (χ4v) is 3.60. The Morgan fingerprint density at radius 3 is 2.84 bits per heavy atom. The number of anilines is 1. The van der Waals surface area contributed by atoms with Crippen LogP contribution in [0.2, 0.25) is 0 Å². The summed E-state index contributed by atoms with van der Waals surface area (Å²) in [6.45, 7) is 6.68. The number of aromatic nitrogens is 1. The van der Waals surface area contributed by atoms with Crippen LogP contribution in [0.3, 0.4) is 0 Å². The van der Waals surface area contributed by atoms with Gasteiger partial charge in [-0.05, 0) is 49.8 Å². The lowest BCUT2D eigenvalue weighted by molar-refractivity contribution is 0.494. The van der Waals surface area contributed by atoms with E-state index >= 15 is 0 Å². The molecule has 104 valence electrons. The van der Waals surface area contributed by atoms with Crippen molar-refractivity contribution in [2.75, 3.05) is 24.5 Å². The summed E-state index contributed by atoms with van der Waals surface area (Å²) >= 11 is 0. The summed E-state index contributed by atoms with van der Waals surface area (Å²) in [5.41, 5.74) is 2.54. The van der Waals surface area contributed by atoms with E-state index < -0.39 is 0 Å². The van der Waals surface area contributed by atoms with E-state index in [-0.39, 0.29) is 0 Å². The highest BCUT2D eigenvalue weighted by Gasteiger charge is 2.36. The van der Waals surface area contributed by atoms with Gasteiger partial charge in [-0.1, -0.05) is 13.3 Å². The van der Waals surface area contributed by atoms with Gasteiger partial charge in [-0.25, -0.2) is 0 Å². The average molecular weight is 259 g/mol. The van der Waals surface area contributed by atoms with Gasteiger partial charge < -0.3 is 10.2 Å². The predicted molar refractivity (Wildman–Crippen MR) is 79.3 cm³/mol. The van der Waals surface area contributed by atoms with Gasteiger partial charge in [0.05, 0.1) is 5.69 Å². The topological polar surface area (TPSA) is 28.2 Å². The van der Waals surface area contributed by atoms with Crippen LogP contribution in [0.15, 0.2) is 18.3 Å². The number of hydrogen-bond acceptors (Lipinski definition) is 3. The van der Waals surface area contributed by atoms with Crippen molar-refractivity contribution >= 4 is 5.69 Å². The molecule has 1 saturated heterocycles. The number of nitrogens with one attached hydrogen (secondary N) is 1. The fourth-order valence-electron chi connectivity index (χ4n) is 3.60. The monoisotopic (exact) mass is 259 g/mol. The van der Waals surface area contributed by atoms with Crippen molar-refractivity contribution in [1.82, 2.24) is 10.3 Å². The molecule has 0 bridgehead atoms. The van der Waals surface area contributed by atoms with Crippen LogP contribution in [-0.4, -0.2) is 24.6 Å². The zero-order valence-electron chi connectivity index (χ0n) is 11.9. The van der Waals surface area contributed by atoms with Crippen LogP contribution >= 0.6 is 0 Å². The lowest BCUT2D eigenvalue weighted by atomic mass is 10.0. The quantitative estimate of drug-likeness (QED) is 0.824. The van der Waals surface area contributed by atoms with Gasteiger partial charge in [-0.2, -0.15) is 0 Å². The Morgan fingerprint density at radius 1 is 1.32 bits per heavy atom. The molecule has 3 nitrogen and oxygen atoms in total. The third-order valence-corrected chi connectivity index (χ3v) is 4.62. The smallest absolute Gasteiger partial charge is 0.0562 e. The Bertz CT molecular complexity index is 406. The molecule has 1 aliphatic heterocycles. The number of rotatable bonds is 5. The van der Waals surface area contributed by atoms with Crippen LogP contribution in [-0.2, 0) is 6.54 Å². The first-order chi connectivity index (χ1) is 9.36. The molecule has 0 spiro atoms. The second kappa shape index (κ2) is 5.91. The standard InChI is InChI=1S/C16H25N3/c1-2-7-17-10-15-9-16(6-8-18-15)19-11-13-4-3-5-14(13)12-19/h6,8-9,13-14,17H,2-5,7,10-12H2,1H3. The predicted octanol–water partition coefficient (Wildman–Crippen LogP) is 2.82. The molecule has 3 rings (SSSR count). The Morgan fingerprint density at radius 2 is 2.11 bits per heavy atom. The highest BCUT2D eigenvalue weighted by Crippen LogP contribution is 2.39. The number of fused-ring (bicyclic) bond motifs is 1. The molecule has 2 aliphatic rings. The largest absolute Gasteiger partial charge is 0.371 e. The Kier molecular flexibility index (Phi) is 4.02. The molecule has 1 saturated carbocycles. The van der Waals surface area contributed by atoms with Gasteiger partial charge in [0.25, 0.3) is 0 Å². The van der Waals surface area contributed by atoms with E-state index in [1.54, 1.807) is 0 Å². The first-order valence-corrected chi connectivity index (χ1v) is 7.77. The Hall–Kier alpha value is -1.09. The van der Waals surface area contributed by atoms with Gasteiger partial charge in [0.1, 0.15) is 0 Å². The highest BCUT2D eigenvalue weighted by atomic mass is 15.2. The van der Waals surface area contributed by atoms with Crippen LogP contribution in [0.1, 0.15) is 38.3 Å². The zero-order valence-corrected chi connectivity index (χ0v) is 11.9. The third kappa shape index (κ3) is 2.92. The maximum absolute atomic E-state index is 4.47. The fraction of sp³-hybridized carbons (Fsp3) is 0.688. The van der Waals surface area contributed by atoms with E-state index in [9.17, 15) is 0 Å². The van der Waals surface area contributed by atoms with Crippen molar-refractivity contribution in [3.63, 3.8) is 0 Å². The highest BCUT2D eigenvalue weighted by molar-refractivity contribution is 5.48. The Balaban J connectivity index is 1.63. The van der Waals surface area contributed by atoms with Gasteiger partial charge in [-0.15, -0.1) is 0 Å². The zero-order chi connectivity index (χ0) is 13.1. The van der Waals surface area contributed by atoms with Gasteiger partial charge in [0, 0.05) is 31.5 Å². The van der Waals surface area contributed by atoms with Gasteiger partial charge >= 0.3 is 0 Å². The lowest BCUT2D eigenvalue weighted by Crippen LogP contribution is -2.21. The molecule has 0 radical (unpaired) electrons. The summed E-state index contributed by atoms with van der Waals surface area (Å²) in [5, 5.41) is 3.43. The molecule has 2 unspecified atom stereocenters. The van der Waals surface area contributed by atoms with E-state index in [2.05, 4.69) is 34.3 Å². The molecule has 2 atom stereocenters. The molecular formula is C16H25N3. The van der Waals surface area contributed by atoms with E-state index in [0.29, 0.717) is 0 Å². The molecule has 2 fully saturated rings. The Labute approximate surface area is 116 Å². The molecule has 1 aliphatic carbocycles. The minimum absolute atomic E-state index is 0.891. The van der Waals surface area contributed by atoms with Crippen LogP contribution in [0, 0.1) is 11.8 Å². The summed E-state index contributed by atoms with van der Waals surface area (Å²) in [4.78, 5) is 7.03. The first kappa shape index (κ1) is 12.9. The molecule has 0 amide bonds. The van der Waals surface area contributed by atoms with Crippen LogP contribution in [0.4, 0.5) is 5.69 Å². The second-order valence-corrected chi connectivity index (χ2v) is 6.04. The summed E-state index contributed by atoms with van der Waals surface area (Å²) in [6.07, 6.45) is 7.47. The maximum Gasteiger partial charge on any atom is 0.0562 e. The van der Waals surface area contributed by atoms with E-state index in [1.807, 2.05) is 6.20 Å². The molecule has 1 aromatic rings. The minimum atomic E-state index is 0.891. The molecular weight excluding hydrogens is 234 g/mol. The summed E-state index contributed by atoms with van der Waals surface area (Å²) in [6, 6.07) is 4.44. The van der Waals surface area contributed by atoms with Crippen molar-refractivity contribution in [3.05, 3.63) is 24.0 Å². The van der Waals surface area contributed by atoms with E-state index in [1.165, 1.54) is 50.2 Å². The molecule has 1 aromatic heterocycles. The van der Waals surface area contributed by atoms with E-state index in [4.69, 9.17) is 0 Å². The van der Waals surface area contributed by atoms with Crippen LogP contribution < -0.4 is 10.2 Å². The summed E-state index contributed by atoms with van der Waals surface area (Å²) in [7, 11) is 0. The SMILES string of the molecule is CCCNCc1cc(N2CC3CCCC3C2)ccn1. The molecule has 19 heavy (non-hydrogen) atoms. The normalized spacial score (nSPS) is 25.8. The average Bonchev–Trinajstić information content (AvgIpc) is 3.00. The summed E-state index contributed by atoms with van der Waals surface area (Å²) in [5.74, 6) is 1.91. The van der Waals surface area contributed by atoms with Crippen molar-refractivity contribution in [2.24, 2.45) is 11.8 Å². The number of pyridine rings is 1. The van der Waals surface area contributed by atoms with Crippen molar-refractivity contribution < 1.29 is 0 Å². The molecule has 1 N–H and O–H groups in total. The second-order valence-electron chi connectivity index (χ2n) is 6.04. The molecule has 0 aromatic carbocycles. The van der Waals surface area contributed by atoms with Crippen molar-refractivity contribution in [3.8, 4) is 0 Å². The number of hydrogen-bond donors (Lipinski definition) is 1. The maximum atomic E-state index is 4.47.